The molecule has 0 saturated heterocycles. The van der Waals surface area contributed by atoms with Crippen LogP contribution in [0.4, 0.5) is 5.95 Å². The van der Waals surface area contributed by atoms with E-state index in [2.05, 4.69) is 20.3 Å². The lowest BCUT2D eigenvalue weighted by atomic mass is 10.1. The summed E-state index contributed by atoms with van der Waals surface area (Å²) < 4.78 is 0. The van der Waals surface area contributed by atoms with Gasteiger partial charge in [-0.2, -0.15) is 0 Å². The van der Waals surface area contributed by atoms with Crippen molar-refractivity contribution in [3.05, 3.63) is 64.6 Å². The van der Waals surface area contributed by atoms with Crippen molar-refractivity contribution in [3.63, 3.8) is 0 Å². The molecule has 8 nitrogen and oxygen atoms in total. The molecule has 1 aromatic carbocycles. The number of carboxylic acid groups (broad SMARTS) is 1. The Morgan fingerprint density at radius 3 is 2.77 bits per heavy atom. The molecule has 2 aromatic heterocycles. The van der Waals surface area contributed by atoms with Crippen molar-refractivity contribution in [2.45, 2.75) is 31.8 Å². The van der Waals surface area contributed by atoms with Crippen LogP contribution >= 0.6 is 11.6 Å². The number of hydrogen-bond acceptors (Lipinski definition) is 6. The van der Waals surface area contributed by atoms with E-state index in [1.165, 1.54) is 0 Å². The van der Waals surface area contributed by atoms with Gasteiger partial charge in [-0.05, 0) is 49.1 Å². The minimum atomic E-state index is -0.978. The number of aliphatic hydroxyl groups excluding tert-OH is 1. The number of carbonyl (C=O) groups is 1. The van der Waals surface area contributed by atoms with Gasteiger partial charge in [0.15, 0.2) is 0 Å². The quantitative estimate of drug-likeness (QED) is 0.405. The number of aliphatic hydroxyl groups is 1. The molecule has 1 aliphatic rings. The molecule has 4 rings (SSSR count). The molecular weight excluding hydrogens is 406 g/mol. The fourth-order valence-corrected chi connectivity index (χ4v) is 2.91. The smallest absolute Gasteiger partial charge is 0.352 e. The number of benzene rings is 1. The Morgan fingerprint density at radius 1 is 1.40 bits per heavy atom. The number of aromatic carboxylic acids is 1. The van der Waals surface area contributed by atoms with Gasteiger partial charge < -0.3 is 26.2 Å². The number of aromatic nitrogens is 3. The van der Waals surface area contributed by atoms with E-state index in [1.54, 1.807) is 30.6 Å². The van der Waals surface area contributed by atoms with Crippen LogP contribution < -0.4 is 11.1 Å². The molecule has 0 amide bonds. The summed E-state index contributed by atoms with van der Waals surface area (Å²) in [6.07, 6.45) is 5.71. The van der Waals surface area contributed by atoms with Gasteiger partial charge in [0.05, 0.1) is 18.3 Å². The van der Waals surface area contributed by atoms with Crippen molar-refractivity contribution in [2.24, 2.45) is 5.73 Å². The third kappa shape index (κ3) is 5.79. The second-order valence-electron chi connectivity index (χ2n) is 7.10. The minimum Gasteiger partial charge on any atom is -0.477 e. The van der Waals surface area contributed by atoms with E-state index < -0.39 is 5.97 Å². The Morgan fingerprint density at radius 2 is 2.17 bits per heavy atom. The summed E-state index contributed by atoms with van der Waals surface area (Å²) in [6, 6.07) is 8.92. The van der Waals surface area contributed by atoms with Crippen molar-refractivity contribution < 1.29 is 15.0 Å². The molecule has 0 radical (unpaired) electrons. The van der Waals surface area contributed by atoms with Crippen LogP contribution in [0.1, 0.15) is 40.5 Å². The largest absolute Gasteiger partial charge is 0.477 e. The number of hydrogen-bond donors (Lipinski definition) is 5. The second-order valence-corrected chi connectivity index (χ2v) is 7.53. The third-order valence-electron chi connectivity index (χ3n) is 4.54. The summed E-state index contributed by atoms with van der Waals surface area (Å²) in [7, 11) is 0. The average Bonchev–Trinajstić information content (AvgIpc) is 3.40. The zero-order valence-corrected chi connectivity index (χ0v) is 17.2. The summed E-state index contributed by atoms with van der Waals surface area (Å²) in [5.41, 5.74) is 9.00. The summed E-state index contributed by atoms with van der Waals surface area (Å²) >= 11 is 5.71. The highest BCUT2D eigenvalue weighted by Gasteiger charge is 2.22. The monoisotopic (exact) mass is 429 g/mol. The second kappa shape index (κ2) is 9.71. The Bertz CT molecular complexity index is 1020. The lowest BCUT2D eigenvalue weighted by Crippen LogP contribution is -2.14. The van der Waals surface area contributed by atoms with E-state index in [9.17, 15) is 4.79 Å². The van der Waals surface area contributed by atoms with Crippen molar-refractivity contribution in [2.75, 3.05) is 11.9 Å². The van der Waals surface area contributed by atoms with Crippen LogP contribution in [-0.2, 0) is 0 Å². The predicted octanol–water partition coefficient (Wildman–Crippen LogP) is 3.38. The predicted molar refractivity (Wildman–Crippen MR) is 116 cm³/mol. The van der Waals surface area contributed by atoms with Gasteiger partial charge >= 0.3 is 5.97 Å². The van der Waals surface area contributed by atoms with E-state index >= 15 is 0 Å². The molecule has 0 aliphatic heterocycles. The number of nitrogens with one attached hydrogen (secondary N) is 2. The topological polar surface area (TPSA) is 137 Å². The molecule has 1 saturated carbocycles. The standard InChI is InChI=1S/C13H14N4O2.C8H10ClNO/c1-7-5-15-13(16-9-2-3-9)17-11(7)8-4-10(12(18)19)14-6-8;9-7-3-1-2-6(4-7)8(10)5-11/h4-6,9,14H,2-3H2,1H3,(H,18,19)(H,15,16,17);1-4,8,11H,5,10H2. The Kier molecular flexibility index (Phi) is 7.04. The van der Waals surface area contributed by atoms with E-state index in [4.69, 9.17) is 27.5 Å². The molecule has 0 bridgehead atoms. The van der Waals surface area contributed by atoms with Gasteiger partial charge in [-0.3, -0.25) is 0 Å². The van der Waals surface area contributed by atoms with Crippen molar-refractivity contribution in [1.29, 1.82) is 0 Å². The Hall–Kier alpha value is -2.94. The number of rotatable bonds is 6. The van der Waals surface area contributed by atoms with Gasteiger partial charge in [0.1, 0.15) is 5.69 Å². The number of anilines is 1. The number of nitrogens with zero attached hydrogens (tertiary/aromatic N) is 2. The first-order valence-corrected chi connectivity index (χ1v) is 9.89. The highest BCUT2D eigenvalue weighted by molar-refractivity contribution is 6.30. The Balaban J connectivity index is 0.000000199. The van der Waals surface area contributed by atoms with Crippen LogP contribution in [-0.4, -0.2) is 43.8 Å². The SMILES string of the molecule is Cc1cnc(NC2CC2)nc1-c1c[nH]c(C(=O)O)c1.NC(CO)c1cccc(Cl)c1. The Labute approximate surface area is 179 Å². The third-order valence-corrected chi connectivity index (χ3v) is 4.78. The highest BCUT2D eigenvalue weighted by atomic mass is 35.5. The van der Waals surface area contributed by atoms with Crippen LogP contribution in [0.15, 0.2) is 42.7 Å². The lowest BCUT2D eigenvalue weighted by molar-refractivity contribution is 0.0691. The van der Waals surface area contributed by atoms with Crippen LogP contribution in [0.2, 0.25) is 5.02 Å². The first kappa shape index (κ1) is 21.8. The number of H-pyrrole nitrogens is 1. The van der Waals surface area contributed by atoms with Crippen molar-refractivity contribution in [1.82, 2.24) is 15.0 Å². The molecule has 1 unspecified atom stereocenters. The molecular formula is C21H24ClN5O3. The van der Waals surface area contributed by atoms with Crippen LogP contribution in [0, 0.1) is 6.92 Å². The van der Waals surface area contributed by atoms with E-state index in [1.807, 2.05) is 19.1 Å². The lowest BCUT2D eigenvalue weighted by Gasteiger charge is -2.07. The average molecular weight is 430 g/mol. The first-order valence-electron chi connectivity index (χ1n) is 9.51. The zero-order valence-electron chi connectivity index (χ0n) is 16.5. The molecule has 30 heavy (non-hydrogen) atoms. The number of aryl methyl sites for hydroxylation is 1. The first-order chi connectivity index (χ1) is 14.4. The number of halogens is 1. The molecule has 1 atom stereocenters. The van der Waals surface area contributed by atoms with Crippen LogP contribution in [0.3, 0.4) is 0 Å². The molecule has 0 spiro atoms. The van der Waals surface area contributed by atoms with Gasteiger partial charge in [0, 0.05) is 29.0 Å². The van der Waals surface area contributed by atoms with Gasteiger partial charge in [0.25, 0.3) is 0 Å². The summed E-state index contributed by atoms with van der Waals surface area (Å²) in [5.74, 6) is -0.379. The molecule has 158 valence electrons. The molecule has 3 aromatic rings. The highest BCUT2D eigenvalue weighted by Crippen LogP contribution is 2.26. The molecule has 2 heterocycles. The minimum absolute atomic E-state index is 0.0552. The van der Waals surface area contributed by atoms with Gasteiger partial charge in [0.2, 0.25) is 5.95 Å². The maximum atomic E-state index is 10.9. The van der Waals surface area contributed by atoms with Crippen LogP contribution in [0.5, 0.6) is 0 Å². The van der Waals surface area contributed by atoms with E-state index in [-0.39, 0.29) is 18.3 Å². The van der Waals surface area contributed by atoms with E-state index in [0.717, 1.165) is 35.2 Å². The molecule has 1 aliphatic carbocycles. The maximum absolute atomic E-state index is 10.9. The fourth-order valence-electron chi connectivity index (χ4n) is 2.71. The van der Waals surface area contributed by atoms with Crippen molar-refractivity contribution in [3.8, 4) is 11.3 Å². The molecule has 9 heteroatoms. The van der Waals surface area contributed by atoms with Gasteiger partial charge in [-0.1, -0.05) is 23.7 Å². The molecule has 6 N–H and O–H groups in total. The summed E-state index contributed by atoms with van der Waals surface area (Å²) in [4.78, 5) is 22.3. The zero-order chi connectivity index (χ0) is 21.7. The normalized spacial score (nSPS) is 13.9. The maximum Gasteiger partial charge on any atom is 0.352 e. The van der Waals surface area contributed by atoms with E-state index in [0.29, 0.717) is 17.0 Å². The summed E-state index contributed by atoms with van der Waals surface area (Å²) in [5, 5.41) is 21.5. The van der Waals surface area contributed by atoms with Gasteiger partial charge in [-0.25, -0.2) is 14.8 Å². The number of nitrogens with two attached hydrogens (primary N) is 1. The van der Waals surface area contributed by atoms with Crippen molar-refractivity contribution >= 4 is 23.5 Å². The van der Waals surface area contributed by atoms with Gasteiger partial charge in [-0.15, -0.1) is 0 Å². The number of aromatic amines is 1. The fraction of sp³-hybridized carbons (Fsp3) is 0.286. The molecule has 1 fully saturated rings. The number of carboxylic acids is 1. The summed E-state index contributed by atoms with van der Waals surface area (Å²) in [6.45, 7) is 1.85. The van der Waals surface area contributed by atoms with Crippen LogP contribution in [0.25, 0.3) is 11.3 Å².